The van der Waals surface area contributed by atoms with E-state index in [1.54, 1.807) is 22.7 Å². The maximum atomic E-state index is 13.2. The molecule has 1 unspecified atom stereocenters. The lowest BCUT2D eigenvalue weighted by atomic mass is 10.1. The number of para-hydroxylation sites is 1. The predicted octanol–water partition coefficient (Wildman–Crippen LogP) is 5.62. The zero-order valence-corrected chi connectivity index (χ0v) is 18.2. The molecule has 3 heterocycles. The van der Waals surface area contributed by atoms with Gasteiger partial charge in [-0.25, -0.2) is 9.97 Å². The summed E-state index contributed by atoms with van der Waals surface area (Å²) in [5, 5.41) is 4.06. The van der Waals surface area contributed by atoms with Crippen LogP contribution >= 0.6 is 22.7 Å². The first kappa shape index (κ1) is 19.2. The summed E-state index contributed by atoms with van der Waals surface area (Å²) in [6.45, 7) is 3.18. The SMILES string of the molecule is Cc1nc(COc2ccc(C(=O)N3CCCC3c3nc4ccccc4s3)cc2)cs1. The normalized spacial score (nSPS) is 16.3. The molecule has 0 radical (unpaired) electrons. The Balaban J connectivity index is 1.29. The summed E-state index contributed by atoms with van der Waals surface area (Å²) >= 11 is 3.30. The molecule has 1 amide bonds. The second kappa shape index (κ2) is 8.16. The summed E-state index contributed by atoms with van der Waals surface area (Å²) in [7, 11) is 0. The van der Waals surface area contributed by atoms with E-state index in [0.29, 0.717) is 12.2 Å². The van der Waals surface area contributed by atoms with E-state index in [-0.39, 0.29) is 11.9 Å². The molecule has 4 aromatic rings. The van der Waals surface area contributed by atoms with Gasteiger partial charge in [-0.2, -0.15) is 0 Å². The lowest BCUT2D eigenvalue weighted by Crippen LogP contribution is -2.30. The third-order valence-electron chi connectivity index (χ3n) is 5.26. The molecule has 7 heteroatoms. The smallest absolute Gasteiger partial charge is 0.254 e. The Bertz CT molecular complexity index is 1150. The van der Waals surface area contributed by atoms with Crippen LogP contribution < -0.4 is 4.74 Å². The van der Waals surface area contributed by atoms with Crippen LogP contribution in [0.3, 0.4) is 0 Å². The average Bonchev–Trinajstić information content (AvgIpc) is 3.50. The Kier molecular flexibility index (Phi) is 5.23. The summed E-state index contributed by atoms with van der Waals surface area (Å²) in [5.74, 6) is 0.791. The summed E-state index contributed by atoms with van der Waals surface area (Å²) < 4.78 is 6.97. The minimum absolute atomic E-state index is 0.0541. The van der Waals surface area contributed by atoms with E-state index in [4.69, 9.17) is 9.72 Å². The molecule has 1 fully saturated rings. The highest BCUT2D eigenvalue weighted by Crippen LogP contribution is 2.37. The Morgan fingerprint density at radius 1 is 1.17 bits per heavy atom. The van der Waals surface area contributed by atoms with Crippen LogP contribution in [-0.2, 0) is 6.61 Å². The molecule has 0 bridgehead atoms. The number of rotatable bonds is 5. The highest BCUT2D eigenvalue weighted by Gasteiger charge is 2.32. The minimum Gasteiger partial charge on any atom is -0.487 e. The number of ether oxygens (including phenoxy) is 1. The molecule has 1 saturated heterocycles. The Labute approximate surface area is 183 Å². The van der Waals surface area contributed by atoms with E-state index in [9.17, 15) is 4.79 Å². The van der Waals surface area contributed by atoms with Gasteiger partial charge >= 0.3 is 0 Å². The van der Waals surface area contributed by atoms with Crippen LogP contribution in [0.5, 0.6) is 5.75 Å². The summed E-state index contributed by atoms with van der Waals surface area (Å²) in [6.07, 6.45) is 1.96. The number of hydrogen-bond acceptors (Lipinski definition) is 6. The van der Waals surface area contributed by atoms with E-state index >= 15 is 0 Å². The van der Waals surface area contributed by atoms with Crippen molar-refractivity contribution < 1.29 is 9.53 Å². The number of thiazole rings is 2. The number of carbonyl (C=O) groups excluding carboxylic acids is 1. The van der Waals surface area contributed by atoms with Crippen molar-refractivity contribution in [2.75, 3.05) is 6.54 Å². The van der Waals surface area contributed by atoms with Crippen LogP contribution in [0, 0.1) is 6.92 Å². The van der Waals surface area contributed by atoms with E-state index in [1.807, 2.05) is 59.7 Å². The van der Waals surface area contributed by atoms with Crippen molar-refractivity contribution in [2.24, 2.45) is 0 Å². The van der Waals surface area contributed by atoms with Crippen molar-refractivity contribution in [3.63, 3.8) is 0 Å². The average molecular weight is 436 g/mol. The number of hydrogen-bond donors (Lipinski definition) is 0. The van der Waals surface area contributed by atoms with Crippen LogP contribution in [0.2, 0.25) is 0 Å². The fourth-order valence-electron chi connectivity index (χ4n) is 3.79. The number of aryl methyl sites for hydroxylation is 1. The lowest BCUT2D eigenvalue weighted by molar-refractivity contribution is 0.0735. The van der Waals surface area contributed by atoms with Gasteiger partial charge in [0.25, 0.3) is 5.91 Å². The van der Waals surface area contributed by atoms with Crippen LogP contribution in [0.15, 0.2) is 53.9 Å². The van der Waals surface area contributed by atoms with Gasteiger partial charge in [0.1, 0.15) is 17.4 Å². The van der Waals surface area contributed by atoms with Gasteiger partial charge in [-0.3, -0.25) is 4.79 Å². The molecule has 1 aliphatic rings. The van der Waals surface area contributed by atoms with Gasteiger partial charge in [0.15, 0.2) is 0 Å². The van der Waals surface area contributed by atoms with Gasteiger partial charge in [0.2, 0.25) is 0 Å². The second-order valence-electron chi connectivity index (χ2n) is 7.35. The maximum Gasteiger partial charge on any atom is 0.254 e. The number of nitrogens with zero attached hydrogens (tertiary/aromatic N) is 3. The standard InChI is InChI=1S/C23H21N3O2S2/c1-15-24-17(14-29-15)13-28-18-10-8-16(9-11-18)23(27)26-12-4-6-20(26)22-25-19-5-2-3-7-21(19)30-22/h2-3,5,7-11,14,20H,4,6,12-13H2,1H3. The molecule has 0 aliphatic carbocycles. The number of fused-ring (bicyclic) bond motifs is 1. The fraction of sp³-hybridized carbons (Fsp3) is 0.261. The van der Waals surface area contributed by atoms with Crippen LogP contribution in [0.1, 0.15) is 45.0 Å². The molecule has 0 N–H and O–H groups in total. The van der Waals surface area contributed by atoms with Gasteiger partial charge in [-0.05, 0) is 56.2 Å². The quantitative estimate of drug-likeness (QED) is 0.408. The second-order valence-corrected chi connectivity index (χ2v) is 9.47. The molecule has 0 saturated carbocycles. The van der Waals surface area contributed by atoms with Gasteiger partial charge in [0.05, 0.1) is 27.0 Å². The monoisotopic (exact) mass is 435 g/mol. The van der Waals surface area contributed by atoms with Crippen molar-refractivity contribution in [3.8, 4) is 5.75 Å². The first-order chi connectivity index (χ1) is 14.7. The van der Waals surface area contributed by atoms with E-state index < -0.39 is 0 Å². The first-order valence-corrected chi connectivity index (χ1v) is 11.7. The van der Waals surface area contributed by atoms with E-state index in [2.05, 4.69) is 11.1 Å². The number of carbonyl (C=O) groups is 1. The van der Waals surface area contributed by atoms with Crippen molar-refractivity contribution in [1.29, 1.82) is 0 Å². The van der Waals surface area contributed by atoms with Gasteiger partial charge in [-0.1, -0.05) is 12.1 Å². The largest absolute Gasteiger partial charge is 0.487 e. The predicted molar refractivity (Wildman–Crippen MR) is 120 cm³/mol. The Morgan fingerprint density at radius 2 is 2.00 bits per heavy atom. The Hall–Kier alpha value is -2.77. The molecule has 30 heavy (non-hydrogen) atoms. The zero-order valence-electron chi connectivity index (χ0n) is 16.6. The molecule has 5 nitrogen and oxygen atoms in total. The molecule has 2 aromatic carbocycles. The fourth-order valence-corrected chi connectivity index (χ4v) is 5.50. The third-order valence-corrected chi connectivity index (χ3v) is 7.22. The van der Waals surface area contributed by atoms with Crippen molar-refractivity contribution in [2.45, 2.75) is 32.4 Å². The highest BCUT2D eigenvalue weighted by atomic mass is 32.1. The highest BCUT2D eigenvalue weighted by molar-refractivity contribution is 7.18. The molecule has 152 valence electrons. The first-order valence-electron chi connectivity index (χ1n) is 9.98. The number of amides is 1. The molecular weight excluding hydrogens is 414 g/mol. The molecule has 0 spiro atoms. The van der Waals surface area contributed by atoms with Crippen LogP contribution in [0.4, 0.5) is 0 Å². The van der Waals surface area contributed by atoms with Crippen molar-refractivity contribution in [1.82, 2.24) is 14.9 Å². The summed E-state index contributed by atoms with van der Waals surface area (Å²) in [5.41, 5.74) is 2.61. The molecule has 5 rings (SSSR count). The van der Waals surface area contributed by atoms with Gasteiger partial charge < -0.3 is 9.64 Å². The molecule has 2 aromatic heterocycles. The third kappa shape index (κ3) is 3.82. The summed E-state index contributed by atoms with van der Waals surface area (Å²) in [4.78, 5) is 24.4. The van der Waals surface area contributed by atoms with Crippen LogP contribution in [-0.4, -0.2) is 27.3 Å². The number of benzene rings is 2. The van der Waals surface area contributed by atoms with Crippen LogP contribution in [0.25, 0.3) is 10.2 Å². The van der Waals surface area contributed by atoms with E-state index in [0.717, 1.165) is 46.4 Å². The molecular formula is C23H21N3O2S2. The number of likely N-dealkylation sites (tertiary alicyclic amines) is 1. The zero-order chi connectivity index (χ0) is 20.5. The minimum atomic E-state index is 0.0541. The Morgan fingerprint density at radius 3 is 2.77 bits per heavy atom. The lowest BCUT2D eigenvalue weighted by Gasteiger charge is -2.23. The summed E-state index contributed by atoms with van der Waals surface area (Å²) in [6, 6.07) is 15.6. The topological polar surface area (TPSA) is 55.3 Å². The van der Waals surface area contributed by atoms with Gasteiger partial charge in [-0.15, -0.1) is 22.7 Å². The molecule has 1 atom stereocenters. The van der Waals surface area contributed by atoms with Crippen molar-refractivity contribution >= 4 is 38.8 Å². The van der Waals surface area contributed by atoms with Crippen molar-refractivity contribution in [3.05, 3.63) is 75.2 Å². The van der Waals surface area contributed by atoms with E-state index in [1.165, 1.54) is 4.70 Å². The molecule has 1 aliphatic heterocycles. The maximum absolute atomic E-state index is 13.2. The van der Waals surface area contributed by atoms with Gasteiger partial charge in [0, 0.05) is 17.5 Å². The number of aromatic nitrogens is 2.